The van der Waals surface area contributed by atoms with Crippen LogP contribution in [-0.2, 0) is 6.54 Å². The lowest BCUT2D eigenvalue weighted by molar-refractivity contribution is 0.0144. The normalized spacial score (nSPS) is 18.8. The first kappa shape index (κ1) is 24.2. The van der Waals surface area contributed by atoms with Crippen molar-refractivity contribution in [2.45, 2.75) is 51.4 Å². The molecule has 2 heterocycles. The van der Waals surface area contributed by atoms with E-state index in [1.807, 2.05) is 85.6 Å². The molecule has 1 aliphatic rings. The number of piperidine rings is 1. The number of rotatable bonds is 6. The number of aliphatic hydroxyl groups excluding tert-OH is 1. The summed E-state index contributed by atoms with van der Waals surface area (Å²) in [5, 5.41) is 16.3. The summed E-state index contributed by atoms with van der Waals surface area (Å²) in [4.78, 5) is 20.0. The van der Waals surface area contributed by atoms with Crippen LogP contribution in [0.15, 0.2) is 85.1 Å². The highest BCUT2D eigenvalue weighted by Gasteiger charge is 2.37. The van der Waals surface area contributed by atoms with Gasteiger partial charge in [-0.05, 0) is 62.1 Å². The van der Waals surface area contributed by atoms with Crippen molar-refractivity contribution in [3.8, 4) is 0 Å². The number of hydrogen-bond donors (Lipinski definition) is 2. The Labute approximate surface area is 212 Å². The molecule has 0 unspecified atom stereocenters. The van der Waals surface area contributed by atoms with Crippen LogP contribution in [0.1, 0.15) is 51.6 Å². The Bertz CT molecular complexity index is 1330. The number of pyridine rings is 1. The Kier molecular flexibility index (Phi) is 7.12. The van der Waals surface area contributed by atoms with Crippen molar-refractivity contribution < 1.29 is 9.90 Å². The Balaban J connectivity index is 1.38. The molecule has 0 aliphatic carbocycles. The Morgan fingerprint density at radius 2 is 1.75 bits per heavy atom. The van der Waals surface area contributed by atoms with Gasteiger partial charge in [0.1, 0.15) is 0 Å². The third-order valence-electron chi connectivity index (χ3n) is 7.20. The molecule has 1 fully saturated rings. The molecule has 1 saturated heterocycles. The number of carbonyl (C=O) groups is 1. The molecule has 1 aromatic heterocycles. The maximum Gasteiger partial charge on any atom is 0.254 e. The minimum atomic E-state index is -0.757. The van der Waals surface area contributed by atoms with Gasteiger partial charge in [-0.1, -0.05) is 65.7 Å². The van der Waals surface area contributed by atoms with Crippen molar-refractivity contribution in [1.29, 1.82) is 0 Å². The molecule has 0 saturated carbocycles. The van der Waals surface area contributed by atoms with Gasteiger partial charge in [0, 0.05) is 36.3 Å². The van der Waals surface area contributed by atoms with Crippen LogP contribution in [0.2, 0.25) is 0 Å². The van der Waals surface area contributed by atoms with Gasteiger partial charge in [-0.15, -0.1) is 0 Å². The van der Waals surface area contributed by atoms with E-state index in [0.717, 1.165) is 34.0 Å². The van der Waals surface area contributed by atoms with Crippen LogP contribution in [0.3, 0.4) is 0 Å². The van der Waals surface area contributed by atoms with Crippen molar-refractivity contribution in [2.75, 3.05) is 6.54 Å². The molecule has 5 rings (SSSR count). The Morgan fingerprint density at radius 1 is 1.03 bits per heavy atom. The van der Waals surface area contributed by atoms with Gasteiger partial charge < -0.3 is 15.3 Å². The SMILES string of the molecule is Cc1cc(C)cc(C(=O)N2CC[C@H](NCc3ccnc4ccccc34)C[C@@H]2[C@@H](O)c2ccccc2)c1. The molecule has 1 amide bonds. The second-order valence-electron chi connectivity index (χ2n) is 9.89. The summed E-state index contributed by atoms with van der Waals surface area (Å²) in [6.45, 7) is 5.33. The lowest BCUT2D eigenvalue weighted by Crippen LogP contribution is -2.53. The van der Waals surface area contributed by atoms with Crippen LogP contribution < -0.4 is 5.32 Å². The summed E-state index contributed by atoms with van der Waals surface area (Å²) in [6, 6.07) is 25.7. The molecule has 2 N–H and O–H groups in total. The number of likely N-dealkylation sites (tertiary alicyclic amines) is 1. The maximum atomic E-state index is 13.7. The second kappa shape index (κ2) is 10.6. The first-order chi connectivity index (χ1) is 17.5. The number of aromatic nitrogens is 1. The van der Waals surface area contributed by atoms with Gasteiger partial charge in [-0.25, -0.2) is 0 Å². The van der Waals surface area contributed by atoms with Crippen LogP contribution in [0.5, 0.6) is 0 Å². The smallest absolute Gasteiger partial charge is 0.254 e. The number of fused-ring (bicyclic) bond motifs is 1. The average Bonchev–Trinajstić information content (AvgIpc) is 2.91. The number of amides is 1. The average molecular weight is 480 g/mol. The van der Waals surface area contributed by atoms with Gasteiger partial charge in [-0.2, -0.15) is 0 Å². The minimum Gasteiger partial charge on any atom is -0.386 e. The number of aryl methyl sites for hydroxylation is 2. The number of nitrogens with zero attached hydrogens (tertiary/aromatic N) is 2. The van der Waals surface area contributed by atoms with E-state index in [-0.39, 0.29) is 18.0 Å². The van der Waals surface area contributed by atoms with Crippen LogP contribution in [0, 0.1) is 13.8 Å². The fourth-order valence-electron chi connectivity index (χ4n) is 5.43. The fraction of sp³-hybridized carbons (Fsp3) is 0.290. The lowest BCUT2D eigenvalue weighted by Gasteiger charge is -2.42. The number of nitrogens with one attached hydrogen (secondary N) is 1. The van der Waals surface area contributed by atoms with Gasteiger partial charge >= 0.3 is 0 Å². The third kappa shape index (κ3) is 5.18. The van der Waals surface area contributed by atoms with E-state index in [4.69, 9.17) is 0 Å². The molecule has 0 bridgehead atoms. The summed E-state index contributed by atoms with van der Waals surface area (Å²) >= 11 is 0. The van der Waals surface area contributed by atoms with Crippen molar-refractivity contribution in [2.24, 2.45) is 0 Å². The number of carbonyl (C=O) groups excluding carboxylic acids is 1. The summed E-state index contributed by atoms with van der Waals surface area (Å²) in [5.74, 6) is -0.0136. The van der Waals surface area contributed by atoms with Gasteiger partial charge in [0.25, 0.3) is 5.91 Å². The predicted octanol–water partition coefficient (Wildman–Crippen LogP) is 5.35. The summed E-state index contributed by atoms with van der Waals surface area (Å²) in [6.07, 6.45) is 2.60. The van der Waals surface area contributed by atoms with Crippen LogP contribution in [-0.4, -0.2) is 39.5 Å². The van der Waals surface area contributed by atoms with Crippen LogP contribution in [0.4, 0.5) is 0 Å². The molecule has 184 valence electrons. The molecule has 36 heavy (non-hydrogen) atoms. The van der Waals surface area contributed by atoms with Gasteiger partial charge in [0.05, 0.1) is 17.7 Å². The van der Waals surface area contributed by atoms with E-state index < -0.39 is 6.10 Å². The van der Waals surface area contributed by atoms with Crippen molar-refractivity contribution >= 4 is 16.8 Å². The number of benzene rings is 3. The Morgan fingerprint density at radius 3 is 2.53 bits per heavy atom. The van der Waals surface area contributed by atoms with Crippen molar-refractivity contribution in [3.63, 3.8) is 0 Å². The quantitative estimate of drug-likeness (QED) is 0.391. The molecule has 3 aromatic carbocycles. The Hall–Kier alpha value is -3.54. The van der Waals surface area contributed by atoms with Gasteiger partial charge in [0.15, 0.2) is 0 Å². The zero-order valence-electron chi connectivity index (χ0n) is 20.9. The van der Waals surface area contributed by atoms with Crippen molar-refractivity contribution in [3.05, 3.63) is 113 Å². The fourth-order valence-corrected chi connectivity index (χ4v) is 5.43. The molecule has 5 heteroatoms. The summed E-state index contributed by atoms with van der Waals surface area (Å²) in [5.41, 5.74) is 5.85. The summed E-state index contributed by atoms with van der Waals surface area (Å²) < 4.78 is 0. The molecule has 0 radical (unpaired) electrons. The lowest BCUT2D eigenvalue weighted by atomic mass is 9.89. The zero-order valence-corrected chi connectivity index (χ0v) is 20.9. The monoisotopic (exact) mass is 479 g/mol. The maximum absolute atomic E-state index is 13.7. The van der Waals surface area contributed by atoms with Crippen LogP contribution >= 0.6 is 0 Å². The minimum absolute atomic E-state index is 0.0136. The highest BCUT2D eigenvalue weighted by molar-refractivity contribution is 5.95. The van der Waals surface area contributed by atoms with E-state index >= 15 is 0 Å². The first-order valence-corrected chi connectivity index (χ1v) is 12.7. The molecule has 0 spiro atoms. The van der Waals surface area contributed by atoms with E-state index in [1.54, 1.807) is 0 Å². The molecule has 4 aromatic rings. The highest BCUT2D eigenvalue weighted by atomic mass is 16.3. The van der Waals surface area contributed by atoms with Crippen LogP contribution in [0.25, 0.3) is 10.9 Å². The third-order valence-corrected chi connectivity index (χ3v) is 7.20. The van der Waals surface area contributed by atoms with E-state index in [1.165, 1.54) is 5.56 Å². The number of para-hydroxylation sites is 1. The predicted molar refractivity (Wildman–Crippen MR) is 144 cm³/mol. The van der Waals surface area contributed by atoms with E-state index in [2.05, 4.69) is 28.5 Å². The van der Waals surface area contributed by atoms with E-state index in [0.29, 0.717) is 25.1 Å². The largest absolute Gasteiger partial charge is 0.386 e. The van der Waals surface area contributed by atoms with Gasteiger partial charge in [0.2, 0.25) is 0 Å². The second-order valence-corrected chi connectivity index (χ2v) is 9.89. The molecule has 5 nitrogen and oxygen atoms in total. The summed E-state index contributed by atoms with van der Waals surface area (Å²) in [7, 11) is 0. The van der Waals surface area contributed by atoms with Crippen molar-refractivity contribution in [1.82, 2.24) is 15.2 Å². The van der Waals surface area contributed by atoms with E-state index in [9.17, 15) is 9.90 Å². The zero-order chi connectivity index (χ0) is 25.1. The molecular formula is C31H33N3O2. The highest BCUT2D eigenvalue weighted by Crippen LogP contribution is 2.31. The number of aliphatic hydroxyl groups is 1. The molecule has 3 atom stereocenters. The van der Waals surface area contributed by atoms with Gasteiger partial charge in [-0.3, -0.25) is 9.78 Å². The topological polar surface area (TPSA) is 65.5 Å². The molecule has 1 aliphatic heterocycles. The first-order valence-electron chi connectivity index (χ1n) is 12.7. The molecular weight excluding hydrogens is 446 g/mol. The number of hydrogen-bond acceptors (Lipinski definition) is 4. The standard InChI is InChI=1S/C31H33N3O2/c1-21-16-22(2)18-25(17-21)31(36)34-15-13-26(19-29(34)30(35)23-8-4-3-5-9-23)33-20-24-12-14-32-28-11-7-6-10-27(24)28/h3-12,14,16-18,26,29-30,33,35H,13,15,19-20H2,1-2H3/t26-,29+,30-/m0/s1.